The number of hydrogen-bond donors (Lipinski definition) is 0. The number of likely N-dealkylation sites (N-methyl/N-ethyl adjacent to an activating group) is 1. The molecule has 32 heavy (non-hydrogen) atoms. The number of nitrogens with zero attached hydrogens (tertiary/aromatic N) is 3. The highest BCUT2D eigenvalue weighted by Gasteiger charge is 2.19. The van der Waals surface area contributed by atoms with E-state index in [9.17, 15) is 8.42 Å². The molecule has 4 rings (SSSR count). The van der Waals surface area contributed by atoms with Gasteiger partial charge in [0.1, 0.15) is 21.4 Å². The molecule has 1 saturated heterocycles. The number of benzene rings is 2. The van der Waals surface area contributed by atoms with Crippen LogP contribution in [0.4, 0.5) is 5.82 Å². The number of anilines is 1. The van der Waals surface area contributed by atoms with Crippen molar-refractivity contribution in [1.82, 2.24) is 9.88 Å². The van der Waals surface area contributed by atoms with Crippen LogP contribution in [-0.4, -0.2) is 69.6 Å². The number of piperazine rings is 1. The van der Waals surface area contributed by atoms with Crippen LogP contribution in [0.3, 0.4) is 0 Å². The maximum atomic E-state index is 11.2. The molecule has 7 heteroatoms. The average molecular weight is 454 g/mol. The van der Waals surface area contributed by atoms with Gasteiger partial charge in [-0.05, 0) is 48.7 Å². The van der Waals surface area contributed by atoms with Gasteiger partial charge in [-0.2, -0.15) is 0 Å². The van der Waals surface area contributed by atoms with Crippen LogP contribution in [0, 0.1) is 0 Å². The second-order valence-corrected chi connectivity index (χ2v) is 10.6. The second kappa shape index (κ2) is 9.88. The van der Waals surface area contributed by atoms with Crippen molar-refractivity contribution in [2.75, 3.05) is 56.2 Å². The lowest BCUT2D eigenvalue weighted by Gasteiger charge is -2.35. The minimum absolute atomic E-state index is 0.140. The van der Waals surface area contributed by atoms with E-state index in [2.05, 4.69) is 47.1 Å². The van der Waals surface area contributed by atoms with E-state index < -0.39 is 9.84 Å². The van der Waals surface area contributed by atoms with Gasteiger partial charge in [0, 0.05) is 43.4 Å². The summed E-state index contributed by atoms with van der Waals surface area (Å²) in [5.41, 5.74) is 1.98. The first-order chi connectivity index (χ1) is 15.4. The van der Waals surface area contributed by atoms with Crippen molar-refractivity contribution >= 4 is 26.4 Å². The molecule has 2 aromatic carbocycles. The number of ether oxygens (including phenoxy) is 1. The quantitative estimate of drug-likeness (QED) is 0.483. The van der Waals surface area contributed by atoms with Crippen molar-refractivity contribution in [3.63, 3.8) is 0 Å². The summed E-state index contributed by atoms with van der Waals surface area (Å²) in [6.45, 7) is 7.76. The monoisotopic (exact) mass is 453 g/mol. The Kier molecular flexibility index (Phi) is 6.96. The van der Waals surface area contributed by atoms with Gasteiger partial charge in [-0.1, -0.05) is 31.2 Å². The smallest absolute Gasteiger partial charge is 0.147 e. The van der Waals surface area contributed by atoms with E-state index in [-0.39, 0.29) is 5.75 Å². The maximum absolute atomic E-state index is 11.2. The molecule has 1 fully saturated rings. The molecular weight excluding hydrogens is 422 g/mol. The maximum Gasteiger partial charge on any atom is 0.147 e. The lowest BCUT2D eigenvalue weighted by atomic mass is 10.1. The van der Waals surface area contributed by atoms with Crippen LogP contribution < -0.4 is 9.64 Å². The molecule has 0 radical (unpaired) electrons. The van der Waals surface area contributed by atoms with E-state index in [0.717, 1.165) is 55.5 Å². The summed E-state index contributed by atoms with van der Waals surface area (Å²) in [7, 11) is -2.95. The van der Waals surface area contributed by atoms with Crippen LogP contribution in [0.2, 0.25) is 0 Å². The predicted molar refractivity (Wildman–Crippen MR) is 131 cm³/mol. The average Bonchev–Trinajstić information content (AvgIpc) is 2.81. The van der Waals surface area contributed by atoms with Crippen molar-refractivity contribution in [3.05, 3.63) is 54.6 Å². The van der Waals surface area contributed by atoms with Gasteiger partial charge >= 0.3 is 0 Å². The normalized spacial score (nSPS) is 15.2. The Balaban J connectivity index is 1.54. The third kappa shape index (κ3) is 5.58. The first kappa shape index (κ1) is 22.6. The number of fused-ring (bicyclic) bond motifs is 1. The SMILES string of the molecule is CCN1CCN(c2nc(-c3ccc(OCCCS(C)(=O)=O)cc3)cc3ccccc23)CC1. The number of sulfone groups is 1. The zero-order valence-electron chi connectivity index (χ0n) is 18.8. The van der Waals surface area contributed by atoms with Crippen LogP contribution in [-0.2, 0) is 9.84 Å². The van der Waals surface area contributed by atoms with Gasteiger partial charge in [-0.15, -0.1) is 0 Å². The Bertz CT molecular complexity index is 1150. The summed E-state index contributed by atoms with van der Waals surface area (Å²) in [6, 6.07) is 18.5. The molecule has 0 aliphatic carbocycles. The molecule has 1 aromatic heterocycles. The third-order valence-corrected chi connectivity index (χ3v) is 6.95. The van der Waals surface area contributed by atoms with E-state index in [0.29, 0.717) is 13.0 Å². The minimum Gasteiger partial charge on any atom is -0.494 e. The van der Waals surface area contributed by atoms with Gasteiger partial charge in [-0.25, -0.2) is 13.4 Å². The van der Waals surface area contributed by atoms with Crippen LogP contribution in [0.5, 0.6) is 5.75 Å². The van der Waals surface area contributed by atoms with Crippen molar-refractivity contribution < 1.29 is 13.2 Å². The molecular formula is C25H31N3O3S. The standard InChI is InChI=1S/C25H31N3O3S/c1-3-27-13-15-28(16-14-27)25-23-8-5-4-7-21(23)19-24(26-25)20-9-11-22(12-10-20)31-17-6-18-32(2,29)30/h4-5,7-12,19H,3,6,13-18H2,1-2H3. The number of pyridine rings is 1. The highest BCUT2D eigenvalue weighted by atomic mass is 32.2. The van der Waals surface area contributed by atoms with Gasteiger partial charge in [0.25, 0.3) is 0 Å². The van der Waals surface area contributed by atoms with Gasteiger partial charge < -0.3 is 14.5 Å². The molecule has 0 spiro atoms. The fourth-order valence-corrected chi connectivity index (χ4v) is 4.72. The van der Waals surface area contributed by atoms with Crippen LogP contribution >= 0.6 is 0 Å². The summed E-state index contributed by atoms with van der Waals surface area (Å²) in [4.78, 5) is 9.95. The summed E-state index contributed by atoms with van der Waals surface area (Å²) >= 11 is 0. The Labute approximate surface area is 190 Å². The van der Waals surface area contributed by atoms with E-state index in [1.165, 1.54) is 17.0 Å². The molecule has 170 valence electrons. The molecule has 2 heterocycles. The molecule has 0 bridgehead atoms. The zero-order valence-corrected chi connectivity index (χ0v) is 19.6. The van der Waals surface area contributed by atoms with Crippen molar-refractivity contribution in [2.24, 2.45) is 0 Å². The molecule has 0 atom stereocenters. The first-order valence-electron chi connectivity index (χ1n) is 11.2. The van der Waals surface area contributed by atoms with Gasteiger partial charge in [0.15, 0.2) is 0 Å². The van der Waals surface area contributed by atoms with Gasteiger partial charge in [0.05, 0.1) is 18.1 Å². The molecule has 0 amide bonds. The number of aromatic nitrogens is 1. The zero-order chi connectivity index (χ0) is 22.6. The second-order valence-electron chi connectivity index (χ2n) is 8.33. The van der Waals surface area contributed by atoms with E-state index in [1.807, 2.05) is 24.3 Å². The molecule has 0 unspecified atom stereocenters. The van der Waals surface area contributed by atoms with Crippen molar-refractivity contribution in [2.45, 2.75) is 13.3 Å². The van der Waals surface area contributed by atoms with Crippen LogP contribution in [0.15, 0.2) is 54.6 Å². The molecule has 0 N–H and O–H groups in total. The Morgan fingerprint density at radius 2 is 1.72 bits per heavy atom. The third-order valence-electron chi connectivity index (χ3n) is 5.92. The van der Waals surface area contributed by atoms with Crippen molar-refractivity contribution in [1.29, 1.82) is 0 Å². The largest absolute Gasteiger partial charge is 0.494 e. The number of hydrogen-bond acceptors (Lipinski definition) is 6. The van der Waals surface area contributed by atoms with E-state index in [4.69, 9.17) is 9.72 Å². The Morgan fingerprint density at radius 1 is 1.00 bits per heavy atom. The fourth-order valence-electron chi connectivity index (χ4n) is 4.08. The summed E-state index contributed by atoms with van der Waals surface area (Å²) in [5, 5.41) is 2.37. The van der Waals surface area contributed by atoms with Crippen molar-refractivity contribution in [3.8, 4) is 17.0 Å². The Morgan fingerprint density at radius 3 is 2.41 bits per heavy atom. The topological polar surface area (TPSA) is 62.7 Å². The molecule has 6 nitrogen and oxygen atoms in total. The lowest BCUT2D eigenvalue weighted by molar-refractivity contribution is 0.271. The van der Waals surface area contributed by atoms with Crippen LogP contribution in [0.1, 0.15) is 13.3 Å². The molecule has 0 saturated carbocycles. The first-order valence-corrected chi connectivity index (χ1v) is 13.3. The van der Waals surface area contributed by atoms with E-state index >= 15 is 0 Å². The predicted octanol–water partition coefficient (Wildman–Crippen LogP) is 3.86. The van der Waals surface area contributed by atoms with E-state index in [1.54, 1.807) is 0 Å². The molecule has 1 aliphatic heterocycles. The lowest BCUT2D eigenvalue weighted by Crippen LogP contribution is -2.46. The molecule has 1 aliphatic rings. The fraction of sp³-hybridized carbons (Fsp3) is 0.400. The summed E-state index contributed by atoms with van der Waals surface area (Å²) in [5.74, 6) is 1.93. The van der Waals surface area contributed by atoms with Gasteiger partial charge in [-0.3, -0.25) is 0 Å². The highest BCUT2D eigenvalue weighted by molar-refractivity contribution is 7.90. The number of rotatable bonds is 8. The summed E-state index contributed by atoms with van der Waals surface area (Å²) < 4.78 is 28.2. The summed E-state index contributed by atoms with van der Waals surface area (Å²) in [6.07, 6.45) is 1.73. The Hall–Kier alpha value is -2.64. The van der Waals surface area contributed by atoms with Crippen LogP contribution in [0.25, 0.3) is 22.0 Å². The minimum atomic E-state index is -2.95. The highest BCUT2D eigenvalue weighted by Crippen LogP contribution is 2.31. The molecule has 3 aromatic rings. The van der Waals surface area contributed by atoms with Gasteiger partial charge in [0.2, 0.25) is 0 Å².